The predicted molar refractivity (Wildman–Crippen MR) is 63.3 cm³/mol. The fourth-order valence-electron chi connectivity index (χ4n) is 1.46. The molecule has 0 saturated heterocycles. The quantitative estimate of drug-likeness (QED) is 0.724. The van der Waals surface area contributed by atoms with Crippen molar-refractivity contribution in [3.8, 4) is 5.69 Å². The molecule has 0 aliphatic carbocycles. The van der Waals surface area contributed by atoms with Crippen LogP contribution in [0.4, 0.5) is 0 Å². The first-order chi connectivity index (χ1) is 7.33. The van der Waals surface area contributed by atoms with Gasteiger partial charge in [0.05, 0.1) is 5.69 Å². The van der Waals surface area contributed by atoms with Gasteiger partial charge in [-0.15, -0.1) is 11.6 Å². The van der Waals surface area contributed by atoms with Crippen LogP contribution in [0, 0.1) is 0 Å². The number of alkyl halides is 1. The Bertz CT molecular complexity index is 460. The van der Waals surface area contributed by atoms with Gasteiger partial charge in [0.1, 0.15) is 0 Å². The molecule has 0 unspecified atom stereocenters. The van der Waals surface area contributed by atoms with E-state index in [1.807, 2.05) is 41.2 Å². The number of benzene rings is 1. The number of aromatic nitrogens is 2. The first-order valence-corrected chi connectivity index (χ1v) is 5.19. The predicted octanol–water partition coefficient (Wildman–Crippen LogP) is 3.12. The maximum atomic E-state index is 5.79. The third kappa shape index (κ3) is 1.95. The Morgan fingerprint density at radius 1 is 1.33 bits per heavy atom. The van der Waals surface area contributed by atoms with Crippen molar-refractivity contribution in [2.24, 2.45) is 0 Å². The van der Waals surface area contributed by atoms with Gasteiger partial charge in [-0.3, -0.25) is 0 Å². The number of halogens is 1. The van der Waals surface area contributed by atoms with Crippen LogP contribution in [-0.4, -0.2) is 15.7 Å². The van der Waals surface area contributed by atoms with E-state index in [0.717, 1.165) is 16.8 Å². The third-order valence-corrected chi connectivity index (χ3v) is 2.52. The number of hydrogen-bond acceptors (Lipinski definition) is 1. The van der Waals surface area contributed by atoms with Crippen molar-refractivity contribution < 1.29 is 0 Å². The molecule has 15 heavy (non-hydrogen) atoms. The number of allylic oxidation sites excluding steroid dienone is 1. The summed E-state index contributed by atoms with van der Waals surface area (Å²) in [7, 11) is 0. The largest absolute Gasteiger partial charge is 0.240 e. The molecule has 1 aromatic heterocycles. The molecule has 0 saturated carbocycles. The van der Waals surface area contributed by atoms with Gasteiger partial charge in [-0.1, -0.05) is 24.8 Å². The van der Waals surface area contributed by atoms with Gasteiger partial charge in [0, 0.05) is 23.8 Å². The Morgan fingerprint density at radius 3 is 2.80 bits per heavy atom. The summed E-state index contributed by atoms with van der Waals surface area (Å²) in [6, 6.07) is 9.84. The van der Waals surface area contributed by atoms with Crippen molar-refractivity contribution in [3.63, 3.8) is 0 Å². The first kappa shape index (κ1) is 9.99. The Morgan fingerprint density at radius 2 is 2.13 bits per heavy atom. The van der Waals surface area contributed by atoms with E-state index in [-0.39, 0.29) is 0 Å². The second-order valence-corrected chi connectivity index (χ2v) is 3.47. The number of nitrogens with zero attached hydrogens (tertiary/aromatic N) is 2. The van der Waals surface area contributed by atoms with Crippen LogP contribution in [0.5, 0.6) is 0 Å². The van der Waals surface area contributed by atoms with Crippen LogP contribution < -0.4 is 0 Å². The van der Waals surface area contributed by atoms with E-state index in [1.54, 1.807) is 6.20 Å². The molecule has 76 valence electrons. The molecule has 0 aliphatic heterocycles. The minimum atomic E-state index is 0.429. The van der Waals surface area contributed by atoms with Crippen LogP contribution in [-0.2, 0) is 0 Å². The molecule has 0 N–H and O–H groups in total. The highest BCUT2D eigenvalue weighted by Crippen LogP contribution is 2.21. The molecule has 0 bridgehead atoms. The summed E-state index contributed by atoms with van der Waals surface area (Å²) in [5, 5.41) is 4.20. The Kier molecular flexibility index (Phi) is 2.88. The Labute approximate surface area is 93.8 Å². The zero-order valence-corrected chi connectivity index (χ0v) is 8.98. The van der Waals surface area contributed by atoms with Gasteiger partial charge in [-0.2, -0.15) is 5.10 Å². The number of rotatable bonds is 3. The summed E-state index contributed by atoms with van der Waals surface area (Å²) in [5.74, 6) is 0.429. The molecule has 2 rings (SSSR count). The highest BCUT2D eigenvalue weighted by atomic mass is 35.5. The summed E-state index contributed by atoms with van der Waals surface area (Å²) in [6.45, 7) is 3.94. The molecule has 0 fully saturated rings. The second-order valence-electron chi connectivity index (χ2n) is 3.20. The topological polar surface area (TPSA) is 17.8 Å². The van der Waals surface area contributed by atoms with Crippen LogP contribution in [0.2, 0.25) is 0 Å². The van der Waals surface area contributed by atoms with Gasteiger partial charge >= 0.3 is 0 Å². The summed E-state index contributed by atoms with van der Waals surface area (Å²) >= 11 is 5.79. The van der Waals surface area contributed by atoms with Crippen LogP contribution in [0.15, 0.2) is 49.3 Å². The molecule has 2 nitrogen and oxygen atoms in total. The molecule has 0 amide bonds. The van der Waals surface area contributed by atoms with Crippen molar-refractivity contribution in [1.82, 2.24) is 9.78 Å². The minimum absolute atomic E-state index is 0.429. The maximum absolute atomic E-state index is 5.79. The standard InChI is InChI=1S/C12H11ClN2/c1-10(9-13)11-5-2-3-6-12(11)15-8-4-7-14-15/h2-8H,1,9H2. The monoisotopic (exact) mass is 218 g/mol. The summed E-state index contributed by atoms with van der Waals surface area (Å²) in [5.41, 5.74) is 2.95. The van der Waals surface area contributed by atoms with Gasteiger partial charge in [0.2, 0.25) is 0 Å². The lowest BCUT2D eigenvalue weighted by molar-refractivity contribution is 0.877. The van der Waals surface area contributed by atoms with Crippen molar-refractivity contribution in [2.75, 3.05) is 5.88 Å². The van der Waals surface area contributed by atoms with Gasteiger partial charge in [0.25, 0.3) is 0 Å². The van der Waals surface area contributed by atoms with Crippen LogP contribution in [0.3, 0.4) is 0 Å². The summed E-state index contributed by atoms with van der Waals surface area (Å²) in [4.78, 5) is 0. The van der Waals surface area contributed by atoms with E-state index in [1.165, 1.54) is 0 Å². The van der Waals surface area contributed by atoms with Gasteiger partial charge in [0.15, 0.2) is 0 Å². The number of hydrogen-bond donors (Lipinski definition) is 0. The second kappa shape index (κ2) is 4.32. The fourth-order valence-corrected chi connectivity index (χ4v) is 1.60. The van der Waals surface area contributed by atoms with Gasteiger partial charge in [-0.25, -0.2) is 4.68 Å². The SMILES string of the molecule is C=C(CCl)c1ccccc1-n1cccn1. The molecule has 0 spiro atoms. The van der Waals surface area contributed by atoms with Crippen molar-refractivity contribution in [3.05, 3.63) is 54.9 Å². The van der Waals surface area contributed by atoms with Crippen LogP contribution in [0.1, 0.15) is 5.56 Å². The van der Waals surface area contributed by atoms with Gasteiger partial charge in [-0.05, 0) is 17.7 Å². The molecular weight excluding hydrogens is 208 g/mol. The summed E-state index contributed by atoms with van der Waals surface area (Å²) < 4.78 is 1.81. The van der Waals surface area contributed by atoms with Crippen molar-refractivity contribution >= 4 is 17.2 Å². The molecule has 0 atom stereocenters. The highest BCUT2D eigenvalue weighted by Gasteiger charge is 2.05. The molecule has 2 aromatic rings. The summed E-state index contributed by atoms with van der Waals surface area (Å²) in [6.07, 6.45) is 3.65. The zero-order chi connectivity index (χ0) is 10.7. The maximum Gasteiger partial charge on any atom is 0.0720 e. The van der Waals surface area contributed by atoms with Crippen LogP contribution >= 0.6 is 11.6 Å². The molecule has 1 aromatic carbocycles. The molecule has 1 heterocycles. The normalized spacial score (nSPS) is 10.2. The molecule has 0 aliphatic rings. The van der Waals surface area contributed by atoms with Crippen LogP contribution in [0.25, 0.3) is 11.3 Å². The average Bonchev–Trinajstić information content (AvgIpc) is 2.81. The number of para-hydroxylation sites is 1. The van der Waals surface area contributed by atoms with E-state index in [9.17, 15) is 0 Å². The minimum Gasteiger partial charge on any atom is -0.240 e. The van der Waals surface area contributed by atoms with E-state index in [0.29, 0.717) is 5.88 Å². The van der Waals surface area contributed by atoms with E-state index < -0.39 is 0 Å². The fraction of sp³-hybridized carbons (Fsp3) is 0.0833. The molecular formula is C12H11ClN2. The van der Waals surface area contributed by atoms with Crippen molar-refractivity contribution in [2.45, 2.75) is 0 Å². The van der Waals surface area contributed by atoms with Gasteiger partial charge < -0.3 is 0 Å². The lowest BCUT2D eigenvalue weighted by atomic mass is 10.1. The first-order valence-electron chi connectivity index (χ1n) is 4.66. The molecule has 0 radical (unpaired) electrons. The lowest BCUT2D eigenvalue weighted by Crippen LogP contribution is -1.99. The van der Waals surface area contributed by atoms with E-state index in [2.05, 4.69) is 11.7 Å². The lowest BCUT2D eigenvalue weighted by Gasteiger charge is -2.09. The van der Waals surface area contributed by atoms with E-state index in [4.69, 9.17) is 11.6 Å². The Balaban J connectivity index is 2.52. The van der Waals surface area contributed by atoms with E-state index >= 15 is 0 Å². The molecule has 3 heteroatoms. The average molecular weight is 219 g/mol. The Hall–Kier alpha value is -1.54. The zero-order valence-electron chi connectivity index (χ0n) is 8.23. The third-order valence-electron chi connectivity index (χ3n) is 2.20. The highest BCUT2D eigenvalue weighted by molar-refractivity contribution is 6.23. The van der Waals surface area contributed by atoms with Crippen molar-refractivity contribution in [1.29, 1.82) is 0 Å². The smallest absolute Gasteiger partial charge is 0.0720 e.